The highest BCUT2D eigenvalue weighted by Gasteiger charge is 2.30. The van der Waals surface area contributed by atoms with Gasteiger partial charge in [0.15, 0.2) is 9.84 Å². The van der Waals surface area contributed by atoms with Crippen LogP contribution >= 0.6 is 11.8 Å². The molecule has 0 bridgehead atoms. The van der Waals surface area contributed by atoms with Crippen LogP contribution in [0.5, 0.6) is 0 Å². The van der Waals surface area contributed by atoms with Gasteiger partial charge in [-0.15, -0.1) is 11.8 Å². The molecule has 0 aromatic heterocycles. The van der Waals surface area contributed by atoms with Crippen molar-refractivity contribution in [2.24, 2.45) is 0 Å². The predicted molar refractivity (Wildman–Crippen MR) is 82.4 cm³/mol. The molecule has 1 amide bonds. The number of rotatable bonds is 5. The summed E-state index contributed by atoms with van der Waals surface area (Å²) in [5.41, 5.74) is 0.561. The molecule has 2 rings (SSSR count). The van der Waals surface area contributed by atoms with Crippen molar-refractivity contribution in [3.05, 3.63) is 35.6 Å². The van der Waals surface area contributed by atoms with Crippen LogP contribution in [0.25, 0.3) is 0 Å². The van der Waals surface area contributed by atoms with Crippen LogP contribution in [0.4, 0.5) is 4.39 Å². The van der Waals surface area contributed by atoms with E-state index in [-0.39, 0.29) is 34.5 Å². The second kappa shape index (κ2) is 6.79. The number of amides is 1. The lowest BCUT2D eigenvalue weighted by Crippen LogP contribution is -2.40. The summed E-state index contributed by atoms with van der Waals surface area (Å²) in [7, 11) is -3.00. The molecular weight excluding hydrogens is 313 g/mol. The van der Waals surface area contributed by atoms with Crippen molar-refractivity contribution in [3.63, 3.8) is 0 Å². The van der Waals surface area contributed by atoms with Crippen molar-refractivity contribution in [2.45, 2.75) is 30.4 Å². The molecule has 116 valence electrons. The molecule has 0 spiro atoms. The van der Waals surface area contributed by atoms with E-state index >= 15 is 0 Å². The van der Waals surface area contributed by atoms with E-state index < -0.39 is 9.84 Å². The van der Waals surface area contributed by atoms with Gasteiger partial charge >= 0.3 is 0 Å². The SMILES string of the molecule is CC(SCc1ccccc1F)C(=O)NC1CCS(=O)(=O)C1. The van der Waals surface area contributed by atoms with E-state index in [4.69, 9.17) is 0 Å². The number of sulfone groups is 1. The number of carbonyl (C=O) groups excluding carboxylic acids is 1. The Balaban J connectivity index is 1.82. The van der Waals surface area contributed by atoms with Crippen molar-refractivity contribution < 1.29 is 17.6 Å². The third-order valence-corrected chi connectivity index (χ3v) is 6.35. The van der Waals surface area contributed by atoms with Gasteiger partial charge in [0.25, 0.3) is 0 Å². The van der Waals surface area contributed by atoms with Crippen LogP contribution < -0.4 is 5.32 Å². The van der Waals surface area contributed by atoms with Crippen LogP contribution in [-0.2, 0) is 20.4 Å². The summed E-state index contributed by atoms with van der Waals surface area (Å²) >= 11 is 1.33. The summed E-state index contributed by atoms with van der Waals surface area (Å²) in [6, 6.07) is 6.17. The Morgan fingerprint density at radius 3 is 2.81 bits per heavy atom. The summed E-state index contributed by atoms with van der Waals surface area (Å²) in [6.07, 6.45) is 0.471. The molecule has 1 aliphatic rings. The number of hydrogen-bond donors (Lipinski definition) is 1. The first-order valence-electron chi connectivity index (χ1n) is 6.73. The highest BCUT2D eigenvalue weighted by molar-refractivity contribution is 7.99. The molecule has 1 aliphatic heterocycles. The maximum atomic E-state index is 13.5. The van der Waals surface area contributed by atoms with Crippen molar-refractivity contribution in [3.8, 4) is 0 Å². The predicted octanol–water partition coefficient (Wildman–Crippen LogP) is 1.75. The smallest absolute Gasteiger partial charge is 0.233 e. The average Bonchev–Trinajstić information content (AvgIpc) is 2.76. The molecular formula is C14H18FNO3S2. The van der Waals surface area contributed by atoms with Gasteiger partial charge in [-0.1, -0.05) is 18.2 Å². The maximum absolute atomic E-state index is 13.5. The van der Waals surface area contributed by atoms with Crippen molar-refractivity contribution in [1.82, 2.24) is 5.32 Å². The summed E-state index contributed by atoms with van der Waals surface area (Å²) < 4.78 is 36.2. The second-order valence-corrected chi connectivity index (χ2v) is 8.71. The summed E-state index contributed by atoms with van der Waals surface area (Å²) in [6.45, 7) is 1.74. The number of carbonyl (C=O) groups is 1. The van der Waals surface area contributed by atoms with Crippen molar-refractivity contribution in [2.75, 3.05) is 11.5 Å². The summed E-state index contributed by atoms with van der Waals surface area (Å²) in [5, 5.41) is 2.40. The van der Waals surface area contributed by atoms with Crippen molar-refractivity contribution >= 4 is 27.5 Å². The molecule has 1 fully saturated rings. The zero-order chi connectivity index (χ0) is 15.5. The quantitative estimate of drug-likeness (QED) is 0.893. The van der Waals surface area contributed by atoms with Crippen LogP contribution in [-0.4, -0.2) is 37.1 Å². The normalized spacial score (nSPS) is 21.9. The van der Waals surface area contributed by atoms with Crippen molar-refractivity contribution in [1.29, 1.82) is 0 Å². The molecule has 2 atom stereocenters. The Kier molecular flexibility index (Phi) is 5.27. The molecule has 4 nitrogen and oxygen atoms in total. The molecule has 7 heteroatoms. The van der Waals surface area contributed by atoms with Gasteiger partial charge in [0.2, 0.25) is 5.91 Å². The molecule has 1 aromatic rings. The van der Waals surface area contributed by atoms with Gasteiger partial charge in [-0.3, -0.25) is 4.79 Å². The van der Waals surface area contributed by atoms with E-state index in [0.717, 1.165) is 0 Å². The minimum absolute atomic E-state index is 0.0173. The average molecular weight is 331 g/mol. The van der Waals surface area contributed by atoms with Gasteiger partial charge < -0.3 is 5.32 Å². The van der Waals surface area contributed by atoms with Gasteiger partial charge in [-0.2, -0.15) is 0 Å². The number of hydrogen-bond acceptors (Lipinski definition) is 4. The van der Waals surface area contributed by atoms with Gasteiger partial charge in [0.05, 0.1) is 16.8 Å². The van der Waals surface area contributed by atoms with Gasteiger partial charge in [0, 0.05) is 11.8 Å². The van der Waals surface area contributed by atoms with Gasteiger partial charge in [-0.25, -0.2) is 12.8 Å². The first kappa shape index (κ1) is 16.3. The highest BCUT2D eigenvalue weighted by atomic mass is 32.2. The molecule has 1 saturated heterocycles. The summed E-state index contributed by atoms with van der Waals surface area (Å²) in [4.78, 5) is 12.0. The Labute approximate surface area is 128 Å². The molecule has 2 unspecified atom stereocenters. The lowest BCUT2D eigenvalue weighted by Gasteiger charge is -2.15. The molecule has 1 N–H and O–H groups in total. The van der Waals surface area contributed by atoms with Crippen LogP contribution in [0, 0.1) is 5.82 Å². The zero-order valence-corrected chi connectivity index (χ0v) is 13.3. The van der Waals surface area contributed by atoms with E-state index in [1.807, 2.05) is 0 Å². The fraction of sp³-hybridized carbons (Fsp3) is 0.500. The van der Waals surface area contributed by atoms with Crippen LogP contribution in [0.15, 0.2) is 24.3 Å². The first-order valence-corrected chi connectivity index (χ1v) is 9.60. The minimum Gasteiger partial charge on any atom is -0.351 e. The lowest BCUT2D eigenvalue weighted by atomic mass is 10.2. The van der Waals surface area contributed by atoms with E-state index in [2.05, 4.69) is 5.32 Å². The van der Waals surface area contributed by atoms with Crippen LogP contribution in [0.3, 0.4) is 0 Å². The number of nitrogens with one attached hydrogen (secondary N) is 1. The van der Waals surface area contributed by atoms with Crippen LogP contribution in [0.2, 0.25) is 0 Å². The van der Waals surface area contributed by atoms with E-state index in [1.54, 1.807) is 25.1 Å². The Bertz CT molecular complexity index is 618. The van der Waals surface area contributed by atoms with Gasteiger partial charge in [-0.05, 0) is 25.0 Å². The molecule has 1 aromatic carbocycles. The van der Waals surface area contributed by atoms with Crippen LogP contribution in [0.1, 0.15) is 18.9 Å². The number of benzene rings is 1. The fourth-order valence-corrected chi connectivity index (χ4v) is 4.69. The monoisotopic (exact) mass is 331 g/mol. The lowest BCUT2D eigenvalue weighted by molar-refractivity contribution is -0.120. The summed E-state index contributed by atoms with van der Waals surface area (Å²) in [5.74, 6) is 0.0838. The van der Waals surface area contributed by atoms with E-state index in [0.29, 0.717) is 17.7 Å². The zero-order valence-electron chi connectivity index (χ0n) is 11.7. The number of halogens is 1. The third kappa shape index (κ3) is 4.71. The fourth-order valence-electron chi connectivity index (χ4n) is 2.13. The van der Waals surface area contributed by atoms with E-state index in [1.165, 1.54) is 17.8 Å². The topological polar surface area (TPSA) is 63.2 Å². The van der Waals surface area contributed by atoms with Gasteiger partial charge in [0.1, 0.15) is 5.82 Å². The molecule has 21 heavy (non-hydrogen) atoms. The molecule has 0 aliphatic carbocycles. The third-order valence-electron chi connectivity index (χ3n) is 3.39. The Morgan fingerprint density at radius 2 is 2.19 bits per heavy atom. The maximum Gasteiger partial charge on any atom is 0.233 e. The molecule has 0 saturated carbocycles. The Hall–Kier alpha value is -1.08. The van der Waals surface area contributed by atoms with E-state index in [9.17, 15) is 17.6 Å². The molecule has 0 radical (unpaired) electrons. The number of thioether (sulfide) groups is 1. The largest absolute Gasteiger partial charge is 0.351 e. The standard InChI is InChI=1S/C14H18FNO3S2/c1-10(20-8-11-4-2-3-5-13(11)15)14(17)16-12-6-7-21(18,19)9-12/h2-5,10,12H,6-9H2,1H3,(H,16,17). The molecule has 1 heterocycles. The second-order valence-electron chi connectivity index (χ2n) is 5.15. The first-order chi connectivity index (χ1) is 9.87. The minimum atomic E-state index is -3.00. The highest BCUT2D eigenvalue weighted by Crippen LogP contribution is 2.20. The Morgan fingerprint density at radius 1 is 1.48 bits per heavy atom.